The van der Waals surface area contributed by atoms with E-state index in [1.807, 2.05) is 78.9 Å². The van der Waals surface area contributed by atoms with Crippen LogP contribution in [0.5, 0.6) is 0 Å². The van der Waals surface area contributed by atoms with Gasteiger partial charge in [0.2, 0.25) is 5.60 Å². The molecule has 1 saturated heterocycles. The Morgan fingerprint density at radius 2 is 1.59 bits per heavy atom. The van der Waals surface area contributed by atoms with Crippen molar-refractivity contribution in [2.45, 2.75) is 56.9 Å². The van der Waals surface area contributed by atoms with Crippen LogP contribution in [-0.4, -0.2) is 29.6 Å². The van der Waals surface area contributed by atoms with Crippen molar-refractivity contribution in [2.24, 2.45) is 0 Å². The molecule has 37 heavy (non-hydrogen) atoms. The Bertz CT molecular complexity index is 1410. The molecule has 1 fully saturated rings. The molecular formula is C30H28N2O5. The first kappa shape index (κ1) is 23.3. The molecule has 7 nitrogen and oxygen atoms in total. The fourth-order valence-corrected chi connectivity index (χ4v) is 5.83. The van der Waals surface area contributed by atoms with Crippen molar-refractivity contribution < 1.29 is 23.9 Å². The molecule has 3 atom stereocenters. The summed E-state index contributed by atoms with van der Waals surface area (Å²) >= 11 is 0. The van der Waals surface area contributed by atoms with E-state index in [1.54, 1.807) is 30.6 Å². The fraction of sp³-hybridized carbons (Fsp3) is 0.300. The quantitative estimate of drug-likeness (QED) is 0.451. The third-order valence-corrected chi connectivity index (χ3v) is 7.27. The zero-order valence-electron chi connectivity index (χ0n) is 21.0. The predicted molar refractivity (Wildman–Crippen MR) is 138 cm³/mol. The van der Waals surface area contributed by atoms with E-state index in [1.165, 1.54) is 0 Å². The maximum atomic E-state index is 14.2. The van der Waals surface area contributed by atoms with Crippen LogP contribution in [0.25, 0.3) is 0 Å². The normalized spacial score (nSPS) is 24.0. The number of para-hydroxylation sites is 2. The summed E-state index contributed by atoms with van der Waals surface area (Å²) in [7, 11) is 0. The molecule has 0 bridgehead atoms. The average Bonchev–Trinajstić information content (AvgIpc) is 3.30. The highest BCUT2D eigenvalue weighted by Crippen LogP contribution is 2.55. The van der Waals surface area contributed by atoms with Crippen LogP contribution >= 0.6 is 0 Å². The second-order valence-electron chi connectivity index (χ2n) is 10.8. The maximum Gasteiger partial charge on any atom is 0.415 e. The number of benzene rings is 3. The van der Waals surface area contributed by atoms with Gasteiger partial charge in [0, 0.05) is 12.0 Å². The molecule has 0 radical (unpaired) electrons. The van der Waals surface area contributed by atoms with Crippen molar-refractivity contribution in [1.82, 2.24) is 0 Å². The first-order valence-corrected chi connectivity index (χ1v) is 12.5. The minimum Gasteiger partial charge on any atom is -0.443 e. The molecule has 3 aliphatic rings. The van der Waals surface area contributed by atoms with Crippen LogP contribution in [0.4, 0.5) is 16.2 Å². The number of ether oxygens (including phenoxy) is 2. The predicted octanol–water partition coefficient (Wildman–Crippen LogP) is 5.28. The Balaban J connectivity index is 1.44. The minimum atomic E-state index is -1.52. The van der Waals surface area contributed by atoms with Gasteiger partial charge in [-0.3, -0.25) is 14.5 Å². The topological polar surface area (TPSA) is 76.1 Å². The summed E-state index contributed by atoms with van der Waals surface area (Å²) in [5.41, 5.74) is 1.39. The Labute approximate surface area is 215 Å². The van der Waals surface area contributed by atoms with Gasteiger partial charge in [0.15, 0.2) is 0 Å². The summed E-state index contributed by atoms with van der Waals surface area (Å²) in [5, 5.41) is 0. The lowest BCUT2D eigenvalue weighted by molar-refractivity contribution is -0.177. The largest absolute Gasteiger partial charge is 0.443 e. The van der Waals surface area contributed by atoms with Gasteiger partial charge in [-0.2, -0.15) is 0 Å². The van der Waals surface area contributed by atoms with Gasteiger partial charge in [0.25, 0.3) is 5.91 Å². The number of hydrogen-bond acceptors (Lipinski definition) is 5. The highest BCUT2D eigenvalue weighted by atomic mass is 16.6. The number of hydrogen-bond donors (Lipinski definition) is 0. The van der Waals surface area contributed by atoms with Crippen molar-refractivity contribution >= 4 is 29.3 Å². The second-order valence-corrected chi connectivity index (χ2v) is 10.8. The van der Waals surface area contributed by atoms with Crippen molar-refractivity contribution in [2.75, 3.05) is 9.80 Å². The monoisotopic (exact) mass is 496 g/mol. The zero-order valence-corrected chi connectivity index (χ0v) is 21.0. The van der Waals surface area contributed by atoms with Crippen LogP contribution in [-0.2, 0) is 31.2 Å². The highest BCUT2D eigenvalue weighted by molar-refractivity contribution is 6.09. The van der Waals surface area contributed by atoms with Crippen LogP contribution in [0.2, 0.25) is 0 Å². The molecule has 0 saturated carbocycles. The van der Waals surface area contributed by atoms with Gasteiger partial charge in [-0.1, -0.05) is 66.7 Å². The van der Waals surface area contributed by atoms with Gasteiger partial charge in [0.05, 0.1) is 24.0 Å². The van der Waals surface area contributed by atoms with Crippen molar-refractivity contribution in [1.29, 1.82) is 0 Å². The Morgan fingerprint density at radius 3 is 2.32 bits per heavy atom. The molecule has 2 unspecified atom stereocenters. The number of anilines is 2. The van der Waals surface area contributed by atoms with E-state index in [2.05, 4.69) is 0 Å². The first-order valence-electron chi connectivity index (χ1n) is 12.5. The summed E-state index contributed by atoms with van der Waals surface area (Å²) in [4.78, 5) is 44.6. The maximum absolute atomic E-state index is 14.2. The fourth-order valence-electron chi connectivity index (χ4n) is 5.83. The van der Waals surface area contributed by atoms with Gasteiger partial charge < -0.3 is 14.4 Å². The van der Waals surface area contributed by atoms with Crippen LogP contribution in [0.1, 0.15) is 49.8 Å². The van der Waals surface area contributed by atoms with E-state index in [4.69, 9.17) is 9.47 Å². The van der Waals surface area contributed by atoms with E-state index in [0.717, 1.165) is 5.56 Å². The molecule has 3 heterocycles. The summed E-state index contributed by atoms with van der Waals surface area (Å²) in [5.74, 6) is -1.51. The molecule has 0 aromatic heterocycles. The standard InChI is InChI=1S/C30H28N2O5/c1-29(2,3)37-28(35)32-22-15-9-7-13-20(22)25-24(32)17-30(36-26(25)33)21-14-8-10-16-23(21)31(27(30)34)18-19-11-5-4-6-12-19/h4-16,24-25H,17-18H2,1-3H3/t24?,25?,30-/m1/s1. The number of nitrogens with zero attached hydrogens (tertiary/aromatic N) is 2. The summed E-state index contributed by atoms with van der Waals surface area (Å²) < 4.78 is 11.9. The molecule has 3 aromatic carbocycles. The Morgan fingerprint density at radius 1 is 0.946 bits per heavy atom. The number of carbonyl (C=O) groups excluding carboxylic acids is 3. The molecule has 188 valence electrons. The molecule has 6 rings (SSSR count). The van der Waals surface area contributed by atoms with E-state index in [-0.39, 0.29) is 12.3 Å². The molecule has 0 N–H and O–H groups in total. The summed E-state index contributed by atoms with van der Waals surface area (Å²) in [6, 6.07) is 23.8. The summed E-state index contributed by atoms with van der Waals surface area (Å²) in [6.45, 7) is 5.76. The van der Waals surface area contributed by atoms with Gasteiger partial charge in [0.1, 0.15) is 11.5 Å². The van der Waals surface area contributed by atoms with Crippen LogP contribution in [0, 0.1) is 0 Å². The van der Waals surface area contributed by atoms with E-state index < -0.39 is 35.2 Å². The van der Waals surface area contributed by atoms with Crippen molar-refractivity contribution in [3.05, 3.63) is 95.6 Å². The number of fused-ring (bicyclic) bond motifs is 5. The summed E-state index contributed by atoms with van der Waals surface area (Å²) in [6.07, 6.45) is -0.407. The molecule has 2 amide bonds. The van der Waals surface area contributed by atoms with Crippen LogP contribution in [0.15, 0.2) is 78.9 Å². The van der Waals surface area contributed by atoms with E-state index in [0.29, 0.717) is 29.0 Å². The van der Waals surface area contributed by atoms with Gasteiger partial charge in [-0.05, 0) is 44.0 Å². The van der Waals surface area contributed by atoms with Crippen LogP contribution < -0.4 is 9.80 Å². The smallest absolute Gasteiger partial charge is 0.415 e. The molecule has 3 aromatic rings. The Kier molecular flexibility index (Phi) is 5.16. The molecule has 1 spiro atoms. The van der Waals surface area contributed by atoms with Gasteiger partial charge >= 0.3 is 12.1 Å². The molecule has 0 aliphatic carbocycles. The lowest BCUT2D eigenvalue weighted by atomic mass is 9.79. The van der Waals surface area contributed by atoms with Crippen LogP contribution in [0.3, 0.4) is 0 Å². The zero-order chi connectivity index (χ0) is 25.9. The molecule has 3 aliphatic heterocycles. The van der Waals surface area contributed by atoms with Crippen molar-refractivity contribution in [3.63, 3.8) is 0 Å². The number of carbonyl (C=O) groups is 3. The minimum absolute atomic E-state index is 0.137. The van der Waals surface area contributed by atoms with E-state index >= 15 is 0 Å². The van der Waals surface area contributed by atoms with Gasteiger partial charge in [-0.15, -0.1) is 0 Å². The van der Waals surface area contributed by atoms with Crippen molar-refractivity contribution in [3.8, 4) is 0 Å². The first-order chi connectivity index (χ1) is 17.7. The Hall–Kier alpha value is -4.13. The third kappa shape index (κ3) is 3.60. The number of rotatable bonds is 2. The third-order valence-electron chi connectivity index (χ3n) is 7.27. The lowest BCUT2D eigenvalue weighted by Gasteiger charge is -2.40. The SMILES string of the molecule is CC(C)(C)OC(=O)N1c2ccccc2C2C(=O)O[C@@]3(CC21)C(=O)N(Cc1ccccc1)c1ccccc13. The number of amides is 2. The van der Waals surface area contributed by atoms with E-state index in [9.17, 15) is 14.4 Å². The second kappa shape index (κ2) is 8.20. The van der Waals surface area contributed by atoms with Gasteiger partial charge in [-0.25, -0.2) is 4.79 Å². The lowest BCUT2D eigenvalue weighted by Crippen LogP contribution is -2.56. The average molecular weight is 497 g/mol. The number of esters is 1. The highest BCUT2D eigenvalue weighted by Gasteiger charge is 2.63. The molecular weight excluding hydrogens is 468 g/mol. The molecule has 7 heteroatoms.